The zero-order valence-electron chi connectivity index (χ0n) is 21.3. The zero-order valence-corrected chi connectivity index (χ0v) is 21.3. The van der Waals surface area contributed by atoms with Crippen LogP contribution in [0.3, 0.4) is 0 Å². The van der Waals surface area contributed by atoms with Crippen LogP contribution in [-0.4, -0.2) is 54.0 Å². The Morgan fingerprint density at radius 1 is 0.541 bits per heavy atom. The van der Waals surface area contributed by atoms with Gasteiger partial charge in [-0.15, -0.1) is 0 Å². The molecular formula is C28H28O9. The van der Waals surface area contributed by atoms with E-state index in [9.17, 15) is 29.7 Å². The Bertz CT molecular complexity index is 1240. The van der Waals surface area contributed by atoms with Gasteiger partial charge < -0.3 is 29.5 Å². The van der Waals surface area contributed by atoms with Crippen molar-refractivity contribution in [2.75, 3.05) is 21.3 Å². The lowest BCUT2D eigenvalue weighted by Crippen LogP contribution is -2.11. The van der Waals surface area contributed by atoms with E-state index in [1.54, 1.807) is 0 Å². The fourth-order valence-corrected chi connectivity index (χ4v) is 4.50. The minimum absolute atomic E-state index is 0.107. The Labute approximate surface area is 213 Å². The van der Waals surface area contributed by atoms with Gasteiger partial charge in [-0.25, -0.2) is 0 Å². The van der Waals surface area contributed by atoms with Crippen molar-refractivity contribution < 1.29 is 43.9 Å². The van der Waals surface area contributed by atoms with Crippen LogP contribution < -0.4 is 14.2 Å². The number of hydrogen-bond donors (Lipinski definition) is 3. The lowest BCUT2D eigenvalue weighted by Gasteiger charge is -2.25. The molecule has 194 valence electrons. The topological polar surface area (TPSA) is 140 Å². The van der Waals surface area contributed by atoms with E-state index >= 15 is 0 Å². The van der Waals surface area contributed by atoms with Crippen molar-refractivity contribution >= 4 is 17.3 Å². The Morgan fingerprint density at radius 3 is 0.973 bits per heavy atom. The predicted molar refractivity (Wildman–Crippen MR) is 135 cm³/mol. The van der Waals surface area contributed by atoms with Crippen LogP contribution in [0.1, 0.15) is 74.5 Å². The second-order valence-corrected chi connectivity index (χ2v) is 8.34. The smallest absolute Gasteiger partial charge is 0.167 e. The van der Waals surface area contributed by atoms with Crippen LogP contribution in [0, 0.1) is 0 Å². The minimum Gasteiger partial charge on any atom is -0.507 e. The van der Waals surface area contributed by atoms with Crippen LogP contribution in [0.4, 0.5) is 0 Å². The van der Waals surface area contributed by atoms with Crippen molar-refractivity contribution in [1.29, 1.82) is 0 Å². The van der Waals surface area contributed by atoms with Crippen molar-refractivity contribution in [3.63, 3.8) is 0 Å². The van der Waals surface area contributed by atoms with Crippen LogP contribution in [0.2, 0.25) is 0 Å². The number of aromatic hydroxyl groups is 3. The lowest BCUT2D eigenvalue weighted by molar-refractivity contribution is 0.0998. The molecule has 9 nitrogen and oxygen atoms in total. The highest BCUT2D eigenvalue weighted by Gasteiger charge is 2.32. The third-order valence-corrected chi connectivity index (χ3v) is 6.16. The number of benzene rings is 3. The van der Waals surface area contributed by atoms with Gasteiger partial charge in [-0.05, 0) is 39.0 Å². The van der Waals surface area contributed by atoms with E-state index in [0.717, 1.165) is 0 Å². The van der Waals surface area contributed by atoms with Gasteiger partial charge in [0, 0.05) is 22.6 Å². The number of phenols is 3. The monoisotopic (exact) mass is 508 g/mol. The molecule has 3 N–H and O–H groups in total. The summed E-state index contributed by atoms with van der Waals surface area (Å²) >= 11 is 0. The molecule has 3 aromatic carbocycles. The molecule has 0 fully saturated rings. The number of phenolic OH excluding ortho intramolecular Hbond substituents is 3. The predicted octanol–water partition coefficient (Wildman–Crippen LogP) is 4.62. The van der Waals surface area contributed by atoms with Crippen LogP contribution in [0.5, 0.6) is 34.5 Å². The van der Waals surface area contributed by atoms with Gasteiger partial charge in [0.15, 0.2) is 17.3 Å². The Kier molecular flexibility index (Phi) is 7.76. The summed E-state index contributed by atoms with van der Waals surface area (Å²) in [5.74, 6) is -3.57. The van der Waals surface area contributed by atoms with Crippen LogP contribution >= 0.6 is 0 Å². The van der Waals surface area contributed by atoms with Gasteiger partial charge in [0.2, 0.25) is 0 Å². The Morgan fingerprint density at radius 2 is 0.784 bits per heavy atom. The summed E-state index contributed by atoms with van der Waals surface area (Å²) in [4.78, 5) is 37.3. The van der Waals surface area contributed by atoms with E-state index in [4.69, 9.17) is 14.2 Å². The van der Waals surface area contributed by atoms with E-state index in [-0.39, 0.29) is 50.6 Å². The number of carbonyl (C=O) groups is 3. The van der Waals surface area contributed by atoms with Gasteiger partial charge in [-0.2, -0.15) is 0 Å². The van der Waals surface area contributed by atoms with Gasteiger partial charge in [0.25, 0.3) is 0 Å². The third kappa shape index (κ3) is 4.67. The van der Waals surface area contributed by atoms with E-state index in [1.807, 2.05) is 0 Å². The fourth-order valence-electron chi connectivity index (χ4n) is 4.50. The quantitative estimate of drug-likeness (QED) is 0.279. The molecular weight excluding hydrogens is 480 g/mol. The van der Waals surface area contributed by atoms with Crippen molar-refractivity contribution in [1.82, 2.24) is 0 Å². The highest BCUT2D eigenvalue weighted by molar-refractivity contribution is 6.02. The highest BCUT2D eigenvalue weighted by Crippen LogP contribution is 2.49. The molecule has 0 bridgehead atoms. The van der Waals surface area contributed by atoms with Gasteiger partial charge in [0.05, 0.1) is 21.3 Å². The first-order valence-electron chi connectivity index (χ1n) is 11.2. The highest BCUT2D eigenvalue weighted by atomic mass is 16.5. The molecule has 0 aliphatic carbocycles. The second kappa shape index (κ2) is 10.6. The maximum absolute atomic E-state index is 12.4. The number of hydrogen-bond acceptors (Lipinski definition) is 9. The van der Waals surface area contributed by atoms with E-state index in [0.29, 0.717) is 0 Å². The first-order chi connectivity index (χ1) is 17.5. The molecule has 9 heteroatoms. The summed E-state index contributed by atoms with van der Waals surface area (Å²) in [6.07, 6.45) is 0. The van der Waals surface area contributed by atoms with Gasteiger partial charge in [0.1, 0.15) is 51.2 Å². The van der Waals surface area contributed by atoms with Crippen molar-refractivity contribution in [3.05, 3.63) is 69.8 Å². The molecule has 0 heterocycles. The number of rotatable bonds is 9. The molecule has 3 aromatic rings. The summed E-state index contributed by atoms with van der Waals surface area (Å²) in [6.45, 7) is 3.77. The molecule has 0 radical (unpaired) electrons. The number of methoxy groups -OCH3 is 3. The van der Waals surface area contributed by atoms with E-state index in [2.05, 4.69) is 0 Å². The summed E-state index contributed by atoms with van der Waals surface area (Å²) in [7, 11) is 4.05. The molecule has 0 saturated carbocycles. The van der Waals surface area contributed by atoms with Crippen molar-refractivity contribution in [3.8, 4) is 34.5 Å². The summed E-state index contributed by atoms with van der Waals surface area (Å²) in [5, 5.41) is 33.8. The van der Waals surface area contributed by atoms with Crippen molar-refractivity contribution in [2.24, 2.45) is 0 Å². The molecule has 0 spiro atoms. The summed E-state index contributed by atoms with van der Waals surface area (Å²) < 4.78 is 15.7. The Hall–Kier alpha value is -4.53. The number of Topliss-reactive ketones (excluding diaryl/α,β-unsaturated/α-hetero) is 3. The minimum atomic E-state index is -1.14. The fraction of sp³-hybridized carbons (Fsp3) is 0.250. The molecule has 3 rings (SSSR count). The average Bonchev–Trinajstić information content (AvgIpc) is 2.85. The number of carbonyl (C=O) groups excluding carboxylic acids is 3. The molecule has 0 amide bonds. The normalized spacial score (nSPS) is 10.8. The van der Waals surface area contributed by atoms with Crippen molar-refractivity contribution in [2.45, 2.75) is 26.7 Å². The molecule has 0 atom stereocenters. The first kappa shape index (κ1) is 27.1. The number of ketones is 3. The average molecular weight is 509 g/mol. The van der Waals surface area contributed by atoms with Gasteiger partial charge in [-0.3, -0.25) is 14.4 Å². The molecule has 0 unspecified atom stereocenters. The van der Waals surface area contributed by atoms with Gasteiger partial charge in [-0.1, -0.05) is 18.2 Å². The lowest BCUT2D eigenvalue weighted by atomic mass is 9.80. The molecule has 0 aliphatic rings. The maximum Gasteiger partial charge on any atom is 0.167 e. The summed E-state index contributed by atoms with van der Waals surface area (Å²) in [6, 6.07) is 8.82. The van der Waals surface area contributed by atoms with E-state index < -0.39 is 40.5 Å². The first-order valence-corrected chi connectivity index (χ1v) is 11.2. The van der Waals surface area contributed by atoms with Crippen LogP contribution in [0.15, 0.2) is 36.4 Å². The zero-order chi connectivity index (χ0) is 27.6. The van der Waals surface area contributed by atoms with Gasteiger partial charge >= 0.3 is 0 Å². The second-order valence-electron chi connectivity index (χ2n) is 8.34. The molecule has 0 saturated heterocycles. The van der Waals surface area contributed by atoms with E-state index in [1.165, 1.54) is 78.5 Å². The number of ether oxygens (including phenoxy) is 3. The van der Waals surface area contributed by atoms with Crippen LogP contribution in [-0.2, 0) is 0 Å². The van der Waals surface area contributed by atoms with Crippen LogP contribution in [0.25, 0.3) is 0 Å². The molecule has 0 aliphatic heterocycles. The Balaban J connectivity index is 2.51. The largest absolute Gasteiger partial charge is 0.507 e. The standard InChI is InChI=1S/C28H28O9/c1-13(29)22-19(35-4)10-7-16(26(22)32)25(17-8-11-20(36-5)23(14(2)30)27(17)33)18-9-12-21(37-6)24(15(3)31)28(18)34/h7-12,25,32-34H,1-6H3. The SMILES string of the molecule is COc1ccc(C(c2ccc(OC)c(C(C)=O)c2O)c2ccc(OC)c(C(C)=O)c2O)c(O)c1C(C)=O. The third-order valence-electron chi connectivity index (χ3n) is 6.16. The summed E-state index contributed by atoms with van der Waals surface area (Å²) in [5.41, 5.74) is 0.00145. The molecule has 0 aromatic heterocycles. The maximum atomic E-state index is 12.4. The molecule has 37 heavy (non-hydrogen) atoms.